The molecule has 31 heavy (non-hydrogen) atoms. The van der Waals surface area contributed by atoms with Gasteiger partial charge in [0.15, 0.2) is 0 Å². The van der Waals surface area contributed by atoms with E-state index in [1.807, 2.05) is 30.3 Å². The van der Waals surface area contributed by atoms with Crippen molar-refractivity contribution in [1.82, 2.24) is 9.55 Å². The highest BCUT2D eigenvalue weighted by Gasteiger charge is 2.04. The van der Waals surface area contributed by atoms with Crippen molar-refractivity contribution < 1.29 is 4.74 Å². The first-order valence-electron chi connectivity index (χ1n) is 11.4. The van der Waals surface area contributed by atoms with Crippen LogP contribution in [0.25, 0.3) is 12.2 Å². The number of rotatable bonds is 13. The van der Waals surface area contributed by atoms with Gasteiger partial charge in [-0.1, -0.05) is 76.2 Å². The van der Waals surface area contributed by atoms with Crippen LogP contribution in [0.4, 0.5) is 0 Å². The summed E-state index contributed by atoms with van der Waals surface area (Å²) in [6.45, 7) is 6.25. The van der Waals surface area contributed by atoms with Gasteiger partial charge in [0.2, 0.25) is 0 Å². The van der Waals surface area contributed by atoms with Gasteiger partial charge in [-0.15, -0.1) is 6.58 Å². The molecule has 0 fully saturated rings. The molecule has 0 spiro atoms. The molecule has 1 heterocycles. The van der Waals surface area contributed by atoms with Crippen molar-refractivity contribution in [3.05, 3.63) is 73.9 Å². The zero-order valence-corrected chi connectivity index (χ0v) is 19.0. The summed E-state index contributed by atoms with van der Waals surface area (Å²) in [6, 6.07) is 7.34. The molecule has 0 amide bonds. The molecule has 1 aromatic carbocycles. The number of benzene rings is 1. The van der Waals surface area contributed by atoms with Gasteiger partial charge >= 0.3 is 0 Å². The summed E-state index contributed by atoms with van der Waals surface area (Å²) in [4.78, 5) is 28.5. The van der Waals surface area contributed by atoms with Gasteiger partial charge in [0, 0.05) is 6.54 Å². The Kier molecular flexibility index (Phi) is 10.6. The lowest BCUT2D eigenvalue weighted by atomic mass is 10.1. The maximum atomic E-state index is 13.0. The van der Waals surface area contributed by atoms with Crippen LogP contribution < -0.4 is 26.6 Å². The summed E-state index contributed by atoms with van der Waals surface area (Å²) in [6.07, 6.45) is 15.9. The standard InChI is InChI=1S/C26H36N2O3/c1-4-6-7-8-9-10-11-12-13-14-23-26(30)28(19-5-2)24(25(29)27-23)20-21-15-17-22(31-3)18-16-21/h5,14-18,20H,2,4,6-13,19H2,1,3H3,(H,27,29)/b23-14-,24-20-. The van der Waals surface area contributed by atoms with Crippen LogP contribution >= 0.6 is 0 Å². The maximum absolute atomic E-state index is 13.0. The Labute approximate surface area is 184 Å². The number of hydrogen-bond acceptors (Lipinski definition) is 3. The fourth-order valence-corrected chi connectivity index (χ4v) is 3.59. The van der Waals surface area contributed by atoms with E-state index in [2.05, 4.69) is 18.5 Å². The van der Waals surface area contributed by atoms with E-state index in [-0.39, 0.29) is 17.7 Å². The zero-order valence-electron chi connectivity index (χ0n) is 19.0. The number of aromatic amines is 1. The maximum Gasteiger partial charge on any atom is 0.274 e. The molecule has 5 heteroatoms. The monoisotopic (exact) mass is 424 g/mol. The number of nitrogens with zero attached hydrogens (tertiary/aromatic N) is 1. The normalized spacial score (nSPS) is 12.3. The number of hydrogen-bond donors (Lipinski definition) is 1. The molecule has 0 unspecified atom stereocenters. The van der Waals surface area contributed by atoms with E-state index in [0.29, 0.717) is 10.7 Å². The molecule has 1 N–H and O–H groups in total. The van der Waals surface area contributed by atoms with Crippen LogP contribution in [0.5, 0.6) is 5.75 Å². The van der Waals surface area contributed by atoms with E-state index in [4.69, 9.17) is 4.74 Å². The van der Waals surface area contributed by atoms with Crippen molar-refractivity contribution in [2.24, 2.45) is 0 Å². The minimum atomic E-state index is -0.278. The highest BCUT2D eigenvalue weighted by Crippen LogP contribution is 2.11. The predicted molar refractivity (Wildman–Crippen MR) is 129 cm³/mol. The third-order valence-electron chi connectivity index (χ3n) is 5.38. The number of ether oxygens (including phenoxy) is 1. The number of H-pyrrole nitrogens is 1. The van der Waals surface area contributed by atoms with Crippen LogP contribution in [-0.4, -0.2) is 16.7 Å². The minimum Gasteiger partial charge on any atom is -0.497 e. The number of aromatic nitrogens is 2. The van der Waals surface area contributed by atoms with E-state index in [1.165, 1.54) is 43.1 Å². The van der Waals surface area contributed by atoms with Crippen LogP contribution in [-0.2, 0) is 6.54 Å². The van der Waals surface area contributed by atoms with E-state index >= 15 is 0 Å². The second-order valence-electron chi connectivity index (χ2n) is 7.84. The lowest BCUT2D eigenvalue weighted by Gasteiger charge is -2.05. The first-order valence-corrected chi connectivity index (χ1v) is 11.4. The van der Waals surface area contributed by atoms with Crippen LogP contribution in [0.3, 0.4) is 0 Å². The molecular weight excluding hydrogens is 388 g/mol. The average molecular weight is 425 g/mol. The fourth-order valence-electron chi connectivity index (χ4n) is 3.59. The quantitative estimate of drug-likeness (QED) is 0.392. The third-order valence-corrected chi connectivity index (χ3v) is 5.38. The van der Waals surface area contributed by atoms with Crippen LogP contribution in [0.15, 0.2) is 46.5 Å². The van der Waals surface area contributed by atoms with E-state index < -0.39 is 0 Å². The molecule has 0 saturated heterocycles. The largest absolute Gasteiger partial charge is 0.497 e. The minimum absolute atomic E-state index is 0.196. The smallest absolute Gasteiger partial charge is 0.274 e. The molecule has 5 nitrogen and oxygen atoms in total. The van der Waals surface area contributed by atoms with Gasteiger partial charge in [-0.2, -0.15) is 0 Å². The van der Waals surface area contributed by atoms with Crippen LogP contribution in [0.2, 0.25) is 0 Å². The number of nitrogens with one attached hydrogen (secondary N) is 1. The van der Waals surface area contributed by atoms with Crippen molar-refractivity contribution in [2.75, 3.05) is 7.11 Å². The van der Waals surface area contributed by atoms with Crippen molar-refractivity contribution in [2.45, 2.75) is 71.3 Å². The van der Waals surface area contributed by atoms with Gasteiger partial charge in [-0.25, -0.2) is 0 Å². The lowest BCUT2D eigenvalue weighted by Crippen LogP contribution is -2.53. The SMILES string of the molecule is C=CCn1c(=O)/c(=C/CCCCCCCCCC)[nH]c(=O)/c1=C/c1ccc(OC)cc1. The Balaban J connectivity index is 2.17. The van der Waals surface area contributed by atoms with Gasteiger partial charge in [0.1, 0.15) is 16.4 Å². The Morgan fingerprint density at radius 3 is 2.26 bits per heavy atom. The molecule has 2 aromatic rings. The number of methoxy groups -OCH3 is 1. The van der Waals surface area contributed by atoms with E-state index in [9.17, 15) is 9.59 Å². The van der Waals surface area contributed by atoms with Gasteiger partial charge in [0.05, 0.1) is 7.11 Å². The first kappa shape index (κ1) is 24.4. The van der Waals surface area contributed by atoms with E-state index in [1.54, 1.807) is 19.3 Å². The highest BCUT2D eigenvalue weighted by atomic mass is 16.5. The predicted octanol–water partition coefficient (Wildman–Crippen LogP) is 3.87. The van der Waals surface area contributed by atoms with Crippen molar-refractivity contribution in [3.63, 3.8) is 0 Å². The van der Waals surface area contributed by atoms with Crippen LogP contribution in [0.1, 0.15) is 70.3 Å². The number of allylic oxidation sites excluding steroid dienone is 1. The lowest BCUT2D eigenvalue weighted by molar-refractivity contribution is 0.415. The van der Waals surface area contributed by atoms with Crippen LogP contribution in [0, 0.1) is 0 Å². The first-order chi connectivity index (χ1) is 15.1. The Morgan fingerprint density at radius 2 is 1.65 bits per heavy atom. The zero-order chi connectivity index (χ0) is 22.5. The summed E-state index contributed by atoms with van der Waals surface area (Å²) < 4.78 is 6.65. The number of unbranched alkanes of at least 4 members (excludes halogenated alkanes) is 8. The fraction of sp³-hybridized carbons (Fsp3) is 0.462. The highest BCUT2D eigenvalue weighted by molar-refractivity contribution is 5.49. The second kappa shape index (κ2) is 13.5. The molecule has 0 saturated carbocycles. The van der Waals surface area contributed by atoms with Crippen molar-refractivity contribution >= 4 is 12.2 Å². The topological polar surface area (TPSA) is 64.1 Å². The Hall–Kier alpha value is -2.82. The van der Waals surface area contributed by atoms with Gasteiger partial charge < -0.3 is 9.72 Å². The van der Waals surface area contributed by atoms with Gasteiger partial charge in [0.25, 0.3) is 11.1 Å². The summed E-state index contributed by atoms with van der Waals surface area (Å²) in [5, 5.41) is 0.681. The molecule has 0 aliphatic heterocycles. The second-order valence-corrected chi connectivity index (χ2v) is 7.84. The van der Waals surface area contributed by atoms with Crippen molar-refractivity contribution in [3.8, 4) is 5.75 Å². The molecule has 0 radical (unpaired) electrons. The molecule has 168 valence electrons. The molecule has 0 aliphatic rings. The third kappa shape index (κ3) is 7.74. The molecular formula is C26H36N2O3. The Morgan fingerprint density at radius 1 is 1.00 bits per heavy atom. The summed E-state index contributed by atoms with van der Waals surface area (Å²) in [7, 11) is 1.61. The molecule has 0 atom stereocenters. The molecule has 0 bridgehead atoms. The summed E-state index contributed by atoms with van der Waals surface area (Å²) in [5.41, 5.74) is 0.345. The van der Waals surface area contributed by atoms with Gasteiger partial charge in [-0.05, 0) is 36.6 Å². The Bertz CT molecular complexity index is 1050. The molecule has 2 rings (SSSR count). The summed E-state index contributed by atoms with van der Waals surface area (Å²) in [5.74, 6) is 0.737. The van der Waals surface area contributed by atoms with Crippen molar-refractivity contribution in [1.29, 1.82) is 0 Å². The van der Waals surface area contributed by atoms with E-state index in [0.717, 1.165) is 30.6 Å². The van der Waals surface area contributed by atoms with Gasteiger partial charge in [-0.3, -0.25) is 14.2 Å². The average Bonchev–Trinajstić information content (AvgIpc) is 2.78. The molecule has 1 aromatic heterocycles. The summed E-state index contributed by atoms with van der Waals surface area (Å²) >= 11 is 0. The molecule has 0 aliphatic carbocycles.